The summed E-state index contributed by atoms with van der Waals surface area (Å²) < 4.78 is 0. The second-order valence-corrected chi connectivity index (χ2v) is 5.01. The molecule has 3 aromatic rings. The van der Waals surface area contributed by atoms with Gasteiger partial charge in [0.2, 0.25) is 0 Å². The van der Waals surface area contributed by atoms with Gasteiger partial charge in [0.1, 0.15) is 11.9 Å². The van der Waals surface area contributed by atoms with Gasteiger partial charge in [0, 0.05) is 16.1 Å². The number of nitrogen functional groups attached to an aromatic ring is 1. The molecule has 0 radical (unpaired) electrons. The Morgan fingerprint density at radius 3 is 2.76 bits per heavy atom. The highest BCUT2D eigenvalue weighted by Gasteiger charge is 2.05. The normalized spacial score (nSPS) is 10.3. The Hall–Kier alpha value is -2.77. The minimum Gasteiger partial charge on any atom is -0.399 e. The lowest BCUT2D eigenvalue weighted by Gasteiger charge is -2.09. The van der Waals surface area contributed by atoms with Crippen molar-refractivity contribution in [1.29, 1.82) is 5.26 Å². The van der Waals surface area contributed by atoms with Crippen LogP contribution in [0.2, 0.25) is 5.02 Å². The Balaban J connectivity index is 2.00. The molecule has 2 aromatic carbocycles. The van der Waals surface area contributed by atoms with Crippen molar-refractivity contribution in [2.45, 2.75) is 0 Å². The quantitative estimate of drug-likeness (QED) is 0.698. The molecule has 1 heterocycles. The number of hydrogen-bond donors (Lipinski definition) is 2. The number of nitrogens with zero attached hydrogens (tertiary/aromatic N) is 2. The Bertz CT molecular complexity index is 868. The van der Waals surface area contributed by atoms with Gasteiger partial charge in [0.25, 0.3) is 0 Å². The first-order chi connectivity index (χ1) is 10.2. The van der Waals surface area contributed by atoms with E-state index in [1.165, 1.54) is 0 Å². The molecular weight excluding hydrogens is 284 g/mol. The molecule has 0 fully saturated rings. The number of halogens is 1. The summed E-state index contributed by atoms with van der Waals surface area (Å²) in [6.07, 6.45) is 0. The zero-order valence-corrected chi connectivity index (χ0v) is 11.7. The van der Waals surface area contributed by atoms with Gasteiger partial charge in [-0.1, -0.05) is 11.6 Å². The number of nitrogens with one attached hydrogen (secondary N) is 1. The number of nitriles is 1. The van der Waals surface area contributed by atoms with E-state index in [1.54, 1.807) is 24.3 Å². The van der Waals surface area contributed by atoms with Gasteiger partial charge in [0.05, 0.1) is 16.8 Å². The van der Waals surface area contributed by atoms with Gasteiger partial charge < -0.3 is 11.1 Å². The van der Waals surface area contributed by atoms with Gasteiger partial charge in [-0.3, -0.25) is 0 Å². The van der Waals surface area contributed by atoms with Crippen LogP contribution >= 0.6 is 11.6 Å². The maximum Gasteiger partial charge on any atom is 0.131 e. The molecule has 4 nitrogen and oxygen atoms in total. The van der Waals surface area contributed by atoms with Crippen LogP contribution in [0, 0.1) is 11.3 Å². The third kappa shape index (κ3) is 2.73. The van der Waals surface area contributed by atoms with Crippen molar-refractivity contribution in [3.05, 3.63) is 59.1 Å². The van der Waals surface area contributed by atoms with Gasteiger partial charge in [0.15, 0.2) is 0 Å². The minimum absolute atomic E-state index is 0.513. The zero-order valence-electron chi connectivity index (χ0n) is 11.0. The van der Waals surface area contributed by atoms with Crippen LogP contribution in [0.3, 0.4) is 0 Å². The number of rotatable bonds is 2. The maximum absolute atomic E-state index is 9.12. The van der Waals surface area contributed by atoms with E-state index in [0.717, 1.165) is 10.9 Å². The van der Waals surface area contributed by atoms with Crippen LogP contribution in [0.25, 0.3) is 10.9 Å². The summed E-state index contributed by atoms with van der Waals surface area (Å²) in [5.74, 6) is 0.644. The van der Waals surface area contributed by atoms with Crippen LogP contribution in [0.4, 0.5) is 17.2 Å². The Morgan fingerprint density at radius 1 is 1.10 bits per heavy atom. The summed E-state index contributed by atoms with van der Waals surface area (Å²) in [4.78, 5) is 4.50. The third-order valence-corrected chi connectivity index (χ3v) is 3.31. The molecule has 5 heteroatoms. The average Bonchev–Trinajstić information content (AvgIpc) is 2.48. The summed E-state index contributed by atoms with van der Waals surface area (Å²) in [6, 6.07) is 16.5. The lowest BCUT2D eigenvalue weighted by Crippen LogP contribution is -1.96. The molecular formula is C16H11ClN4. The van der Waals surface area contributed by atoms with E-state index < -0.39 is 0 Å². The van der Waals surface area contributed by atoms with Crippen LogP contribution in [-0.4, -0.2) is 4.98 Å². The van der Waals surface area contributed by atoms with E-state index in [4.69, 9.17) is 22.6 Å². The van der Waals surface area contributed by atoms with E-state index in [-0.39, 0.29) is 0 Å². The largest absolute Gasteiger partial charge is 0.399 e. The second-order valence-electron chi connectivity index (χ2n) is 4.58. The van der Waals surface area contributed by atoms with Crippen LogP contribution in [0.15, 0.2) is 48.5 Å². The molecule has 3 rings (SSSR count). The summed E-state index contributed by atoms with van der Waals surface area (Å²) >= 11 is 5.97. The van der Waals surface area contributed by atoms with Gasteiger partial charge in [-0.2, -0.15) is 5.26 Å². The maximum atomic E-state index is 9.12. The summed E-state index contributed by atoms with van der Waals surface area (Å²) in [6.45, 7) is 0. The fraction of sp³-hybridized carbons (Fsp3) is 0. The van der Waals surface area contributed by atoms with Crippen molar-refractivity contribution in [2.75, 3.05) is 11.1 Å². The second kappa shape index (κ2) is 5.31. The molecule has 0 spiro atoms. The SMILES string of the molecule is N#Cc1ccc(Cl)cc1Nc1ccc2cc(N)ccc2n1. The number of pyridine rings is 1. The first kappa shape index (κ1) is 13.2. The van der Waals surface area contributed by atoms with Crippen molar-refractivity contribution in [3.63, 3.8) is 0 Å². The monoisotopic (exact) mass is 294 g/mol. The third-order valence-electron chi connectivity index (χ3n) is 3.08. The molecule has 0 unspecified atom stereocenters. The molecule has 1 aromatic heterocycles. The van der Waals surface area contributed by atoms with Crippen molar-refractivity contribution < 1.29 is 0 Å². The van der Waals surface area contributed by atoms with Crippen LogP contribution in [0.1, 0.15) is 5.56 Å². The number of anilines is 3. The predicted octanol–water partition coefficient (Wildman–Crippen LogP) is 4.09. The molecule has 0 aliphatic carbocycles. The lowest BCUT2D eigenvalue weighted by molar-refractivity contribution is 1.36. The highest BCUT2D eigenvalue weighted by molar-refractivity contribution is 6.30. The molecule has 0 atom stereocenters. The van der Waals surface area contributed by atoms with Gasteiger partial charge in [-0.15, -0.1) is 0 Å². The smallest absolute Gasteiger partial charge is 0.131 e. The number of benzene rings is 2. The molecule has 21 heavy (non-hydrogen) atoms. The molecule has 0 aliphatic heterocycles. The lowest BCUT2D eigenvalue weighted by atomic mass is 10.2. The van der Waals surface area contributed by atoms with Gasteiger partial charge in [-0.05, 0) is 48.5 Å². The molecule has 0 saturated heterocycles. The fourth-order valence-corrected chi connectivity index (χ4v) is 2.24. The van der Waals surface area contributed by atoms with Crippen molar-refractivity contribution in [3.8, 4) is 6.07 Å². The van der Waals surface area contributed by atoms with Crippen molar-refractivity contribution in [2.24, 2.45) is 0 Å². The number of aromatic nitrogens is 1. The number of hydrogen-bond acceptors (Lipinski definition) is 4. The Labute approximate surface area is 126 Å². The number of fused-ring (bicyclic) bond motifs is 1. The summed E-state index contributed by atoms with van der Waals surface area (Å²) in [5.41, 5.74) is 8.42. The molecule has 0 saturated carbocycles. The van der Waals surface area contributed by atoms with E-state index in [1.807, 2.05) is 24.3 Å². The Kier molecular flexibility index (Phi) is 3.35. The first-order valence-corrected chi connectivity index (χ1v) is 6.66. The highest BCUT2D eigenvalue weighted by atomic mass is 35.5. The zero-order chi connectivity index (χ0) is 14.8. The fourth-order valence-electron chi connectivity index (χ4n) is 2.07. The highest BCUT2D eigenvalue weighted by Crippen LogP contribution is 2.25. The molecule has 0 bridgehead atoms. The number of nitrogens with two attached hydrogens (primary N) is 1. The molecule has 102 valence electrons. The van der Waals surface area contributed by atoms with Crippen LogP contribution < -0.4 is 11.1 Å². The minimum atomic E-state index is 0.513. The average molecular weight is 295 g/mol. The van der Waals surface area contributed by atoms with Crippen molar-refractivity contribution in [1.82, 2.24) is 4.98 Å². The van der Waals surface area contributed by atoms with E-state index in [9.17, 15) is 0 Å². The van der Waals surface area contributed by atoms with Crippen LogP contribution in [0.5, 0.6) is 0 Å². The van der Waals surface area contributed by atoms with E-state index in [2.05, 4.69) is 16.4 Å². The van der Waals surface area contributed by atoms with Crippen LogP contribution in [-0.2, 0) is 0 Å². The Morgan fingerprint density at radius 2 is 1.95 bits per heavy atom. The van der Waals surface area contributed by atoms with E-state index >= 15 is 0 Å². The summed E-state index contributed by atoms with van der Waals surface area (Å²) in [7, 11) is 0. The molecule has 0 aliphatic rings. The van der Waals surface area contributed by atoms with Gasteiger partial charge >= 0.3 is 0 Å². The standard InChI is InChI=1S/C16H11ClN4/c17-12-3-1-11(9-18)15(8-12)21-16-6-2-10-7-13(19)4-5-14(10)20-16/h1-8H,19H2,(H,20,21). The summed E-state index contributed by atoms with van der Waals surface area (Å²) in [5, 5.41) is 13.8. The molecule has 3 N–H and O–H groups in total. The molecule has 0 amide bonds. The predicted molar refractivity (Wildman–Crippen MR) is 85.6 cm³/mol. The van der Waals surface area contributed by atoms with Crippen molar-refractivity contribution >= 4 is 39.7 Å². The first-order valence-electron chi connectivity index (χ1n) is 6.29. The van der Waals surface area contributed by atoms with E-state index in [0.29, 0.717) is 27.8 Å². The van der Waals surface area contributed by atoms with Gasteiger partial charge in [-0.25, -0.2) is 4.98 Å². The topological polar surface area (TPSA) is 74.7 Å².